The lowest BCUT2D eigenvalue weighted by molar-refractivity contribution is -0.121. The van der Waals surface area contributed by atoms with Crippen LogP contribution in [0.3, 0.4) is 0 Å². The number of halogens is 2. The van der Waals surface area contributed by atoms with Gasteiger partial charge in [-0.25, -0.2) is 0 Å². The van der Waals surface area contributed by atoms with Crippen molar-refractivity contribution in [3.63, 3.8) is 0 Å². The summed E-state index contributed by atoms with van der Waals surface area (Å²) in [7, 11) is 0. The Morgan fingerprint density at radius 1 is 1.33 bits per heavy atom. The van der Waals surface area contributed by atoms with Crippen LogP contribution in [-0.2, 0) is 9.59 Å². The molecule has 5 heteroatoms. The number of hydrogen-bond acceptors (Lipinski definition) is 2. The molecule has 1 aliphatic heterocycles. The molecule has 0 saturated carbocycles. The number of anilines is 1. The molecule has 78 valence electrons. The first-order chi connectivity index (χ1) is 7.08. The molecule has 2 rings (SSSR count). The standard InChI is InChI=1S/C10H7BrINO2/c11-8-3-6(12)1-2-9(8)13-5-7(14)4-10(13)15/h1-3H,4-5H2. The second-order valence-corrected chi connectivity index (χ2v) is 5.39. The fourth-order valence-corrected chi connectivity index (χ4v) is 3.02. The van der Waals surface area contributed by atoms with E-state index in [1.807, 2.05) is 18.2 Å². The Labute approximate surface area is 109 Å². The maximum Gasteiger partial charge on any atom is 0.234 e. The van der Waals surface area contributed by atoms with E-state index in [1.165, 1.54) is 4.90 Å². The van der Waals surface area contributed by atoms with E-state index in [0.29, 0.717) is 0 Å². The van der Waals surface area contributed by atoms with Gasteiger partial charge in [0, 0.05) is 8.04 Å². The molecule has 0 N–H and O–H groups in total. The van der Waals surface area contributed by atoms with Crippen LogP contribution in [0.5, 0.6) is 0 Å². The van der Waals surface area contributed by atoms with E-state index in [4.69, 9.17) is 0 Å². The quantitative estimate of drug-likeness (QED) is 0.555. The molecule has 1 aromatic rings. The van der Waals surface area contributed by atoms with Crippen molar-refractivity contribution < 1.29 is 9.59 Å². The van der Waals surface area contributed by atoms with E-state index < -0.39 is 0 Å². The van der Waals surface area contributed by atoms with Gasteiger partial charge >= 0.3 is 0 Å². The van der Waals surface area contributed by atoms with Gasteiger partial charge in [-0.15, -0.1) is 0 Å². The van der Waals surface area contributed by atoms with Gasteiger partial charge in [0.25, 0.3) is 0 Å². The fraction of sp³-hybridized carbons (Fsp3) is 0.200. The maximum absolute atomic E-state index is 11.5. The van der Waals surface area contributed by atoms with Crippen LogP contribution in [0.4, 0.5) is 5.69 Å². The molecule has 1 fully saturated rings. The summed E-state index contributed by atoms with van der Waals surface area (Å²) in [4.78, 5) is 24.2. The van der Waals surface area contributed by atoms with Crippen LogP contribution in [0.15, 0.2) is 22.7 Å². The van der Waals surface area contributed by atoms with Gasteiger partial charge < -0.3 is 4.90 Å². The molecular weight excluding hydrogens is 373 g/mol. The van der Waals surface area contributed by atoms with Gasteiger partial charge in [-0.05, 0) is 56.7 Å². The van der Waals surface area contributed by atoms with Gasteiger partial charge in [0.05, 0.1) is 18.7 Å². The number of hydrogen-bond donors (Lipinski definition) is 0. The minimum absolute atomic E-state index is 0.0227. The molecule has 0 aromatic heterocycles. The van der Waals surface area contributed by atoms with E-state index in [0.717, 1.165) is 13.7 Å². The van der Waals surface area contributed by atoms with Crippen LogP contribution in [0.1, 0.15) is 6.42 Å². The van der Waals surface area contributed by atoms with Gasteiger partial charge in [0.15, 0.2) is 5.78 Å². The first kappa shape index (κ1) is 11.1. The topological polar surface area (TPSA) is 37.4 Å². The number of nitrogens with zero attached hydrogens (tertiary/aromatic N) is 1. The third kappa shape index (κ3) is 2.23. The minimum Gasteiger partial charge on any atom is -0.303 e. The van der Waals surface area contributed by atoms with E-state index >= 15 is 0 Å². The Bertz CT molecular complexity index is 447. The van der Waals surface area contributed by atoms with Crippen LogP contribution in [0.2, 0.25) is 0 Å². The molecule has 0 spiro atoms. The zero-order chi connectivity index (χ0) is 11.0. The van der Waals surface area contributed by atoms with E-state index in [9.17, 15) is 9.59 Å². The predicted molar refractivity (Wildman–Crippen MR) is 68.8 cm³/mol. The van der Waals surface area contributed by atoms with Crippen molar-refractivity contribution in [3.05, 3.63) is 26.2 Å². The lowest BCUT2D eigenvalue weighted by Gasteiger charge is -2.16. The minimum atomic E-state index is -0.123. The molecule has 0 atom stereocenters. The first-order valence-electron chi connectivity index (χ1n) is 4.35. The Balaban J connectivity index is 2.38. The number of carbonyl (C=O) groups is 2. The third-order valence-electron chi connectivity index (χ3n) is 2.18. The molecule has 1 aromatic carbocycles. The normalized spacial score (nSPS) is 16.3. The van der Waals surface area contributed by atoms with Gasteiger partial charge in [-0.3, -0.25) is 9.59 Å². The summed E-state index contributed by atoms with van der Waals surface area (Å²) in [5, 5.41) is 0. The monoisotopic (exact) mass is 379 g/mol. The van der Waals surface area contributed by atoms with Crippen molar-refractivity contribution in [2.45, 2.75) is 6.42 Å². The predicted octanol–water partition coefficient (Wildman–Crippen LogP) is 2.36. The molecule has 0 unspecified atom stereocenters. The van der Waals surface area contributed by atoms with Crippen molar-refractivity contribution in [2.75, 3.05) is 11.4 Å². The molecule has 0 aliphatic carbocycles. The molecule has 1 saturated heterocycles. The zero-order valence-corrected chi connectivity index (χ0v) is 11.4. The lowest BCUT2D eigenvalue weighted by atomic mass is 10.3. The van der Waals surface area contributed by atoms with Crippen LogP contribution < -0.4 is 4.90 Å². The summed E-state index contributed by atoms with van der Waals surface area (Å²) >= 11 is 5.59. The highest BCUT2D eigenvalue weighted by atomic mass is 127. The molecule has 3 nitrogen and oxygen atoms in total. The third-order valence-corrected chi connectivity index (χ3v) is 3.49. The molecule has 1 amide bonds. The van der Waals surface area contributed by atoms with Crippen molar-refractivity contribution in [1.82, 2.24) is 0 Å². The van der Waals surface area contributed by atoms with E-state index in [1.54, 1.807) is 0 Å². The zero-order valence-electron chi connectivity index (χ0n) is 7.67. The summed E-state index contributed by atoms with van der Waals surface area (Å²) in [6.45, 7) is 0.192. The second kappa shape index (κ2) is 4.21. The highest BCUT2D eigenvalue weighted by Crippen LogP contribution is 2.30. The Hall–Kier alpha value is -0.430. The summed E-state index contributed by atoms with van der Waals surface area (Å²) in [6, 6.07) is 5.69. The van der Waals surface area contributed by atoms with Gasteiger partial charge in [0.2, 0.25) is 5.91 Å². The average molecular weight is 380 g/mol. The van der Waals surface area contributed by atoms with Crippen molar-refractivity contribution in [1.29, 1.82) is 0 Å². The molecule has 0 bridgehead atoms. The van der Waals surface area contributed by atoms with E-state index in [-0.39, 0.29) is 24.7 Å². The lowest BCUT2D eigenvalue weighted by Crippen LogP contribution is -2.24. The highest BCUT2D eigenvalue weighted by Gasteiger charge is 2.29. The fourth-order valence-electron chi connectivity index (χ4n) is 1.50. The van der Waals surface area contributed by atoms with Gasteiger partial charge in [-0.1, -0.05) is 0 Å². The Kier molecular flexibility index (Phi) is 3.11. The molecule has 15 heavy (non-hydrogen) atoms. The number of Topliss-reactive ketones (excluding diaryl/α,β-unsaturated/α-hetero) is 1. The molecule has 0 radical (unpaired) electrons. The molecule has 1 heterocycles. The summed E-state index contributed by atoms with van der Waals surface area (Å²) in [6.07, 6.45) is 0.0262. The average Bonchev–Trinajstić information content (AvgIpc) is 2.45. The SMILES string of the molecule is O=C1CC(=O)N(c2ccc(I)cc2Br)C1. The largest absolute Gasteiger partial charge is 0.303 e. The van der Waals surface area contributed by atoms with Gasteiger partial charge in [-0.2, -0.15) is 0 Å². The number of rotatable bonds is 1. The number of benzene rings is 1. The van der Waals surface area contributed by atoms with Crippen molar-refractivity contribution >= 4 is 55.9 Å². The second-order valence-electron chi connectivity index (χ2n) is 3.29. The van der Waals surface area contributed by atoms with Crippen LogP contribution in [-0.4, -0.2) is 18.2 Å². The number of amides is 1. The summed E-state index contributed by atoms with van der Waals surface area (Å²) < 4.78 is 1.93. The number of ketones is 1. The van der Waals surface area contributed by atoms with Crippen LogP contribution in [0.25, 0.3) is 0 Å². The summed E-state index contributed by atoms with van der Waals surface area (Å²) in [5.41, 5.74) is 0.770. The van der Waals surface area contributed by atoms with E-state index in [2.05, 4.69) is 38.5 Å². The van der Waals surface area contributed by atoms with Crippen molar-refractivity contribution in [3.8, 4) is 0 Å². The maximum atomic E-state index is 11.5. The highest BCUT2D eigenvalue weighted by molar-refractivity contribution is 14.1. The summed E-state index contributed by atoms with van der Waals surface area (Å²) in [5.74, 6) is -0.146. The van der Waals surface area contributed by atoms with Gasteiger partial charge in [0.1, 0.15) is 0 Å². The smallest absolute Gasteiger partial charge is 0.234 e. The molecular formula is C10H7BrINO2. The first-order valence-corrected chi connectivity index (χ1v) is 6.22. The van der Waals surface area contributed by atoms with Crippen molar-refractivity contribution in [2.24, 2.45) is 0 Å². The Morgan fingerprint density at radius 3 is 2.60 bits per heavy atom. The molecule has 1 aliphatic rings. The number of carbonyl (C=O) groups excluding carboxylic acids is 2. The van der Waals surface area contributed by atoms with Crippen LogP contribution in [0, 0.1) is 3.57 Å². The van der Waals surface area contributed by atoms with Crippen LogP contribution >= 0.6 is 38.5 Å². The Morgan fingerprint density at radius 2 is 2.07 bits per heavy atom.